The first kappa shape index (κ1) is 16.7. The van der Waals surface area contributed by atoms with Crippen molar-refractivity contribution in [3.8, 4) is 0 Å². The Kier molecular flexibility index (Phi) is 6.63. The van der Waals surface area contributed by atoms with Crippen molar-refractivity contribution in [2.45, 2.75) is 39.9 Å². The van der Waals surface area contributed by atoms with Gasteiger partial charge in [-0.25, -0.2) is 0 Å². The Labute approximate surface area is 135 Å². The van der Waals surface area contributed by atoms with E-state index in [-0.39, 0.29) is 0 Å². The van der Waals surface area contributed by atoms with Crippen LogP contribution in [-0.2, 0) is 19.6 Å². The van der Waals surface area contributed by atoms with E-state index in [1.165, 1.54) is 23.1 Å². The topological polar surface area (TPSA) is 29.3 Å². The molecule has 0 aliphatic heterocycles. The summed E-state index contributed by atoms with van der Waals surface area (Å²) in [6.07, 6.45) is 1.22. The van der Waals surface area contributed by atoms with Crippen molar-refractivity contribution < 1.29 is 0 Å². The van der Waals surface area contributed by atoms with E-state index in [2.05, 4.69) is 73.3 Å². The van der Waals surface area contributed by atoms with Gasteiger partial charge in [-0.2, -0.15) is 0 Å². The summed E-state index contributed by atoms with van der Waals surface area (Å²) in [6, 6.07) is 19.4. The zero-order chi connectivity index (χ0) is 15.8. The molecule has 0 spiro atoms. The molecule has 0 fully saturated rings. The molecule has 2 aromatic carbocycles. The number of nitrogens with two attached hydrogens (primary N) is 1. The lowest BCUT2D eigenvalue weighted by Crippen LogP contribution is -2.27. The lowest BCUT2D eigenvalue weighted by Gasteiger charge is -2.25. The molecule has 1 unspecified atom stereocenters. The van der Waals surface area contributed by atoms with Gasteiger partial charge in [0, 0.05) is 26.2 Å². The van der Waals surface area contributed by atoms with Gasteiger partial charge in [0.2, 0.25) is 0 Å². The quantitative estimate of drug-likeness (QED) is 0.791. The molecule has 0 aliphatic carbocycles. The van der Waals surface area contributed by atoms with Crippen LogP contribution in [0, 0.1) is 5.92 Å². The fourth-order valence-electron chi connectivity index (χ4n) is 2.64. The van der Waals surface area contributed by atoms with Gasteiger partial charge >= 0.3 is 0 Å². The van der Waals surface area contributed by atoms with Gasteiger partial charge in [0.25, 0.3) is 0 Å². The summed E-state index contributed by atoms with van der Waals surface area (Å²) >= 11 is 0. The fraction of sp³-hybridized carbons (Fsp3) is 0.400. The SMILES string of the molecule is CCC(C)CN(Cc1ccccc1)Cc1ccc(CN)cc1. The smallest absolute Gasteiger partial charge is 0.0237 e. The van der Waals surface area contributed by atoms with Gasteiger partial charge < -0.3 is 5.73 Å². The van der Waals surface area contributed by atoms with E-state index in [0.717, 1.165) is 19.6 Å². The van der Waals surface area contributed by atoms with Crippen molar-refractivity contribution in [1.29, 1.82) is 0 Å². The second-order valence-corrected chi connectivity index (χ2v) is 6.19. The Hall–Kier alpha value is -1.64. The molecule has 0 amide bonds. The summed E-state index contributed by atoms with van der Waals surface area (Å²) in [4.78, 5) is 2.54. The number of benzene rings is 2. The predicted octanol–water partition coefficient (Wildman–Crippen LogP) is 4.19. The molecular formula is C20H28N2. The van der Waals surface area contributed by atoms with Crippen LogP contribution in [0.3, 0.4) is 0 Å². The van der Waals surface area contributed by atoms with Crippen LogP contribution in [0.1, 0.15) is 37.0 Å². The fourth-order valence-corrected chi connectivity index (χ4v) is 2.64. The van der Waals surface area contributed by atoms with Crippen molar-refractivity contribution in [1.82, 2.24) is 4.90 Å². The summed E-state index contributed by atoms with van der Waals surface area (Å²) in [5.41, 5.74) is 9.61. The molecule has 2 nitrogen and oxygen atoms in total. The summed E-state index contributed by atoms with van der Waals surface area (Å²) in [6.45, 7) is 8.33. The average molecular weight is 296 g/mol. The minimum absolute atomic E-state index is 0.612. The Morgan fingerprint density at radius 3 is 1.95 bits per heavy atom. The van der Waals surface area contributed by atoms with Gasteiger partial charge in [0.1, 0.15) is 0 Å². The lowest BCUT2D eigenvalue weighted by atomic mass is 10.1. The zero-order valence-electron chi connectivity index (χ0n) is 13.8. The van der Waals surface area contributed by atoms with Crippen LogP contribution in [0.2, 0.25) is 0 Å². The number of hydrogen-bond acceptors (Lipinski definition) is 2. The van der Waals surface area contributed by atoms with Crippen LogP contribution in [0.5, 0.6) is 0 Å². The van der Waals surface area contributed by atoms with Crippen molar-refractivity contribution in [3.63, 3.8) is 0 Å². The average Bonchev–Trinajstić information content (AvgIpc) is 2.56. The Balaban J connectivity index is 2.05. The maximum atomic E-state index is 5.68. The molecule has 2 aromatic rings. The van der Waals surface area contributed by atoms with Crippen molar-refractivity contribution in [2.75, 3.05) is 6.54 Å². The molecule has 2 heteroatoms. The molecule has 1 atom stereocenters. The van der Waals surface area contributed by atoms with Crippen LogP contribution < -0.4 is 5.73 Å². The maximum absolute atomic E-state index is 5.68. The van der Waals surface area contributed by atoms with E-state index in [4.69, 9.17) is 5.73 Å². The molecule has 2 rings (SSSR count). The molecule has 0 saturated carbocycles. The van der Waals surface area contributed by atoms with E-state index < -0.39 is 0 Å². The normalized spacial score (nSPS) is 12.5. The van der Waals surface area contributed by atoms with Crippen LogP contribution >= 0.6 is 0 Å². The first-order chi connectivity index (χ1) is 10.7. The molecule has 0 aromatic heterocycles. The first-order valence-electron chi connectivity index (χ1n) is 8.25. The standard InChI is InChI=1S/C20H28N2/c1-3-17(2)14-22(15-19-7-5-4-6-8-19)16-20-11-9-18(13-21)10-12-20/h4-12,17H,3,13-16,21H2,1-2H3. The van der Waals surface area contributed by atoms with Crippen LogP contribution in [0.4, 0.5) is 0 Å². The minimum atomic E-state index is 0.612. The highest BCUT2D eigenvalue weighted by Crippen LogP contribution is 2.14. The number of nitrogens with zero attached hydrogens (tertiary/aromatic N) is 1. The van der Waals surface area contributed by atoms with Gasteiger partial charge in [0.05, 0.1) is 0 Å². The van der Waals surface area contributed by atoms with Crippen molar-refractivity contribution >= 4 is 0 Å². The maximum Gasteiger partial charge on any atom is 0.0237 e. The zero-order valence-corrected chi connectivity index (χ0v) is 13.8. The summed E-state index contributed by atoms with van der Waals surface area (Å²) in [5.74, 6) is 0.715. The highest BCUT2D eigenvalue weighted by Gasteiger charge is 2.10. The second-order valence-electron chi connectivity index (χ2n) is 6.19. The molecular weight excluding hydrogens is 268 g/mol. The molecule has 0 bridgehead atoms. The highest BCUT2D eigenvalue weighted by molar-refractivity contribution is 5.22. The van der Waals surface area contributed by atoms with E-state index >= 15 is 0 Å². The molecule has 0 radical (unpaired) electrons. The molecule has 118 valence electrons. The first-order valence-corrected chi connectivity index (χ1v) is 8.25. The number of rotatable bonds is 8. The van der Waals surface area contributed by atoms with E-state index in [9.17, 15) is 0 Å². The van der Waals surface area contributed by atoms with E-state index in [1.807, 2.05) is 0 Å². The van der Waals surface area contributed by atoms with Crippen molar-refractivity contribution in [2.24, 2.45) is 11.7 Å². The van der Waals surface area contributed by atoms with Crippen LogP contribution in [0.15, 0.2) is 54.6 Å². The molecule has 22 heavy (non-hydrogen) atoms. The van der Waals surface area contributed by atoms with Gasteiger partial charge in [-0.05, 0) is 22.6 Å². The molecule has 0 heterocycles. The minimum Gasteiger partial charge on any atom is -0.326 e. The largest absolute Gasteiger partial charge is 0.326 e. The Bertz CT molecular complexity index is 533. The van der Waals surface area contributed by atoms with Crippen LogP contribution in [0.25, 0.3) is 0 Å². The Morgan fingerprint density at radius 2 is 1.41 bits per heavy atom. The number of hydrogen-bond donors (Lipinski definition) is 1. The van der Waals surface area contributed by atoms with Gasteiger partial charge in [-0.15, -0.1) is 0 Å². The van der Waals surface area contributed by atoms with Crippen LogP contribution in [-0.4, -0.2) is 11.4 Å². The third-order valence-corrected chi connectivity index (χ3v) is 4.18. The van der Waals surface area contributed by atoms with Gasteiger partial charge in [-0.1, -0.05) is 74.9 Å². The van der Waals surface area contributed by atoms with Gasteiger partial charge in [-0.3, -0.25) is 4.90 Å². The lowest BCUT2D eigenvalue weighted by molar-refractivity contribution is 0.218. The van der Waals surface area contributed by atoms with Gasteiger partial charge in [0.15, 0.2) is 0 Å². The second kappa shape index (κ2) is 8.72. The Morgan fingerprint density at radius 1 is 0.864 bits per heavy atom. The monoisotopic (exact) mass is 296 g/mol. The summed E-state index contributed by atoms with van der Waals surface area (Å²) in [7, 11) is 0. The third kappa shape index (κ3) is 5.28. The molecule has 2 N–H and O–H groups in total. The van der Waals surface area contributed by atoms with Crippen molar-refractivity contribution in [3.05, 3.63) is 71.3 Å². The third-order valence-electron chi connectivity index (χ3n) is 4.18. The van der Waals surface area contributed by atoms with E-state index in [1.54, 1.807) is 0 Å². The molecule has 0 aliphatic rings. The summed E-state index contributed by atoms with van der Waals surface area (Å²) in [5, 5.41) is 0. The summed E-state index contributed by atoms with van der Waals surface area (Å²) < 4.78 is 0. The molecule has 0 saturated heterocycles. The highest BCUT2D eigenvalue weighted by atomic mass is 15.1. The predicted molar refractivity (Wildman–Crippen MR) is 94.3 cm³/mol. The van der Waals surface area contributed by atoms with E-state index in [0.29, 0.717) is 12.5 Å².